The third kappa shape index (κ3) is 4.48. The van der Waals surface area contributed by atoms with Crippen LogP contribution < -0.4 is 4.90 Å². The van der Waals surface area contributed by atoms with Crippen molar-refractivity contribution in [1.82, 2.24) is 24.6 Å². The molecule has 2 aliphatic heterocycles. The molecule has 0 spiro atoms. The van der Waals surface area contributed by atoms with E-state index in [2.05, 4.69) is 26.6 Å². The van der Waals surface area contributed by atoms with Gasteiger partial charge in [0.1, 0.15) is 5.82 Å². The lowest BCUT2D eigenvalue weighted by Gasteiger charge is -2.32. The Kier molecular flexibility index (Phi) is 6.61. The first-order valence-corrected chi connectivity index (χ1v) is 11.8. The Balaban J connectivity index is 1.45. The summed E-state index contributed by atoms with van der Waals surface area (Å²) in [4.78, 5) is 14.8. The Morgan fingerprint density at radius 3 is 2.50 bits per heavy atom. The molecule has 32 heavy (non-hydrogen) atoms. The summed E-state index contributed by atoms with van der Waals surface area (Å²) in [6.45, 7) is 6.56. The van der Waals surface area contributed by atoms with Crippen molar-refractivity contribution in [3.05, 3.63) is 36.5 Å². The molecule has 2 saturated heterocycles. The molecule has 3 aromatic rings. The number of nitrogens with zero attached hydrogens (tertiary/aromatic N) is 6. The summed E-state index contributed by atoms with van der Waals surface area (Å²) >= 11 is 0. The minimum Gasteiger partial charge on any atom is -0.396 e. The number of benzene rings is 1. The highest BCUT2D eigenvalue weighted by Gasteiger charge is 2.26. The molecule has 0 bridgehead atoms. The van der Waals surface area contributed by atoms with Gasteiger partial charge in [0.05, 0.1) is 30.8 Å². The summed E-state index contributed by atoms with van der Waals surface area (Å²) in [7, 11) is 0. The Morgan fingerprint density at radius 2 is 1.75 bits per heavy atom. The third-order valence-electron chi connectivity index (χ3n) is 6.56. The van der Waals surface area contributed by atoms with Crippen LogP contribution in [0.1, 0.15) is 31.7 Å². The number of fused-ring (bicyclic) bond motifs is 1. The third-order valence-corrected chi connectivity index (χ3v) is 6.56. The van der Waals surface area contributed by atoms with E-state index in [0.29, 0.717) is 6.04 Å². The van der Waals surface area contributed by atoms with Gasteiger partial charge in [0.25, 0.3) is 0 Å². The largest absolute Gasteiger partial charge is 0.396 e. The topological polar surface area (TPSA) is 79.5 Å². The van der Waals surface area contributed by atoms with Gasteiger partial charge in [-0.2, -0.15) is 5.10 Å². The zero-order chi connectivity index (χ0) is 21.8. The lowest BCUT2D eigenvalue weighted by atomic mass is 10.0. The van der Waals surface area contributed by atoms with Crippen LogP contribution in [0.2, 0.25) is 0 Å². The van der Waals surface area contributed by atoms with Gasteiger partial charge >= 0.3 is 0 Å². The average molecular weight is 437 g/mol. The maximum absolute atomic E-state index is 9.03. The second-order valence-corrected chi connectivity index (χ2v) is 8.67. The van der Waals surface area contributed by atoms with Gasteiger partial charge < -0.3 is 19.6 Å². The molecule has 8 nitrogen and oxygen atoms in total. The SMILES string of the molecule is OCCCCN1CCC(n2ncc3c(N4CCOCC4)nc(-c4ccccc4)nc32)CC1. The van der Waals surface area contributed by atoms with Crippen LogP contribution in [0.4, 0.5) is 5.82 Å². The van der Waals surface area contributed by atoms with Gasteiger partial charge in [-0.3, -0.25) is 0 Å². The molecule has 2 fully saturated rings. The first-order chi connectivity index (χ1) is 15.8. The Labute approximate surface area is 188 Å². The van der Waals surface area contributed by atoms with E-state index in [1.165, 1.54) is 0 Å². The van der Waals surface area contributed by atoms with Crippen molar-refractivity contribution in [3.8, 4) is 11.4 Å². The molecular weight excluding hydrogens is 404 g/mol. The Morgan fingerprint density at radius 1 is 0.969 bits per heavy atom. The minimum absolute atomic E-state index is 0.282. The Bertz CT molecular complexity index is 1010. The van der Waals surface area contributed by atoms with Gasteiger partial charge in [-0.25, -0.2) is 14.6 Å². The number of aromatic nitrogens is 4. The summed E-state index contributed by atoms with van der Waals surface area (Å²) in [5.74, 6) is 1.72. The first-order valence-electron chi connectivity index (χ1n) is 11.8. The van der Waals surface area contributed by atoms with E-state index in [-0.39, 0.29) is 6.61 Å². The quantitative estimate of drug-likeness (QED) is 0.571. The van der Waals surface area contributed by atoms with Crippen molar-refractivity contribution >= 4 is 16.9 Å². The zero-order valence-corrected chi connectivity index (χ0v) is 18.6. The maximum Gasteiger partial charge on any atom is 0.164 e. The molecule has 170 valence electrons. The number of rotatable bonds is 7. The molecular formula is C24H32N6O2. The summed E-state index contributed by atoms with van der Waals surface area (Å²) in [5, 5.41) is 14.9. The molecule has 0 amide bonds. The van der Waals surface area contributed by atoms with Gasteiger partial charge in [-0.15, -0.1) is 0 Å². The van der Waals surface area contributed by atoms with Gasteiger partial charge in [0, 0.05) is 38.3 Å². The number of hydrogen-bond donors (Lipinski definition) is 1. The first kappa shape index (κ1) is 21.3. The number of hydrogen-bond acceptors (Lipinski definition) is 7. The Hall–Kier alpha value is -2.55. The van der Waals surface area contributed by atoms with E-state index in [0.717, 1.165) is 99.9 Å². The normalized spacial score (nSPS) is 18.5. The molecule has 1 N–H and O–H groups in total. The van der Waals surface area contributed by atoms with Crippen LogP contribution in [0, 0.1) is 0 Å². The van der Waals surface area contributed by atoms with Gasteiger partial charge in [-0.1, -0.05) is 30.3 Å². The number of aliphatic hydroxyl groups excluding tert-OH is 1. The molecule has 0 radical (unpaired) electrons. The second-order valence-electron chi connectivity index (χ2n) is 8.67. The smallest absolute Gasteiger partial charge is 0.164 e. The van der Waals surface area contributed by atoms with Crippen molar-refractivity contribution in [2.75, 3.05) is 57.4 Å². The highest BCUT2D eigenvalue weighted by atomic mass is 16.5. The van der Waals surface area contributed by atoms with Gasteiger partial charge in [0.2, 0.25) is 0 Å². The predicted octanol–water partition coefficient (Wildman–Crippen LogP) is 2.74. The van der Waals surface area contributed by atoms with E-state index in [1.54, 1.807) is 0 Å². The number of piperidine rings is 1. The van der Waals surface area contributed by atoms with Crippen molar-refractivity contribution in [2.24, 2.45) is 0 Å². The van der Waals surface area contributed by atoms with Crippen molar-refractivity contribution < 1.29 is 9.84 Å². The van der Waals surface area contributed by atoms with Crippen LogP contribution in [-0.2, 0) is 4.74 Å². The fourth-order valence-corrected chi connectivity index (χ4v) is 4.75. The van der Waals surface area contributed by atoms with Crippen LogP contribution in [0.3, 0.4) is 0 Å². The molecule has 0 atom stereocenters. The monoisotopic (exact) mass is 436 g/mol. The maximum atomic E-state index is 9.03. The zero-order valence-electron chi connectivity index (χ0n) is 18.6. The van der Waals surface area contributed by atoms with Crippen LogP contribution in [0.15, 0.2) is 36.5 Å². The highest BCUT2D eigenvalue weighted by Crippen LogP contribution is 2.32. The molecule has 4 heterocycles. The number of unbranched alkanes of at least 4 members (excludes halogenated alkanes) is 1. The molecule has 1 aromatic carbocycles. The number of anilines is 1. The standard InChI is InChI=1S/C24H32N6O2/c31-15-5-4-10-28-11-8-20(9-12-28)30-24-21(18-25-30)23(29-13-16-32-17-14-29)26-22(27-24)19-6-2-1-3-7-19/h1-3,6-7,18,20,31H,4-5,8-17H2. The fourth-order valence-electron chi connectivity index (χ4n) is 4.75. The number of aliphatic hydroxyl groups is 1. The van der Waals surface area contributed by atoms with E-state index in [1.807, 2.05) is 24.4 Å². The number of morpholine rings is 1. The minimum atomic E-state index is 0.282. The summed E-state index contributed by atoms with van der Waals surface area (Å²) in [6, 6.07) is 10.6. The molecule has 5 rings (SSSR count). The van der Waals surface area contributed by atoms with E-state index >= 15 is 0 Å². The van der Waals surface area contributed by atoms with Gasteiger partial charge in [0.15, 0.2) is 11.5 Å². The molecule has 2 aliphatic rings. The summed E-state index contributed by atoms with van der Waals surface area (Å²) in [5.41, 5.74) is 1.95. The van der Waals surface area contributed by atoms with Crippen LogP contribution in [0.5, 0.6) is 0 Å². The van der Waals surface area contributed by atoms with Crippen LogP contribution >= 0.6 is 0 Å². The van der Waals surface area contributed by atoms with E-state index in [4.69, 9.17) is 24.9 Å². The molecule has 0 unspecified atom stereocenters. The number of likely N-dealkylation sites (tertiary alicyclic amines) is 1. The fraction of sp³-hybridized carbons (Fsp3) is 0.542. The molecule has 8 heteroatoms. The van der Waals surface area contributed by atoms with Crippen molar-refractivity contribution in [2.45, 2.75) is 31.7 Å². The molecule has 0 saturated carbocycles. The lowest BCUT2D eigenvalue weighted by molar-refractivity contribution is 0.122. The molecule has 2 aromatic heterocycles. The summed E-state index contributed by atoms with van der Waals surface area (Å²) in [6.07, 6.45) is 6.01. The highest BCUT2D eigenvalue weighted by molar-refractivity contribution is 5.89. The average Bonchev–Trinajstić information content (AvgIpc) is 3.29. The molecule has 0 aliphatic carbocycles. The number of ether oxygens (including phenoxy) is 1. The van der Waals surface area contributed by atoms with Crippen molar-refractivity contribution in [3.63, 3.8) is 0 Å². The van der Waals surface area contributed by atoms with Crippen molar-refractivity contribution in [1.29, 1.82) is 0 Å². The lowest BCUT2D eigenvalue weighted by Crippen LogP contribution is -2.37. The van der Waals surface area contributed by atoms with Crippen LogP contribution in [-0.4, -0.2) is 82.3 Å². The van der Waals surface area contributed by atoms with E-state index in [9.17, 15) is 0 Å². The van der Waals surface area contributed by atoms with E-state index < -0.39 is 0 Å². The van der Waals surface area contributed by atoms with Crippen LogP contribution in [0.25, 0.3) is 22.4 Å². The summed E-state index contributed by atoms with van der Waals surface area (Å²) < 4.78 is 7.71. The van der Waals surface area contributed by atoms with Gasteiger partial charge in [-0.05, 0) is 32.2 Å². The second kappa shape index (κ2) is 9.94. The predicted molar refractivity (Wildman–Crippen MR) is 125 cm³/mol.